The molecule has 3 heterocycles. The van der Waals surface area contributed by atoms with Crippen LogP contribution in [0.2, 0.25) is 0 Å². The van der Waals surface area contributed by atoms with Crippen LogP contribution in [0.5, 0.6) is 5.75 Å². The topological polar surface area (TPSA) is 81.2 Å². The van der Waals surface area contributed by atoms with Gasteiger partial charge >= 0.3 is 0 Å². The Kier molecular flexibility index (Phi) is 8.82. The Bertz CT molecular complexity index is 1030. The molecule has 2 aliphatic rings. The lowest BCUT2D eigenvalue weighted by atomic mass is 9.89. The van der Waals surface area contributed by atoms with Gasteiger partial charge < -0.3 is 28.8 Å². The number of pyridine rings is 1. The quantitative estimate of drug-likeness (QED) is 0.450. The van der Waals surface area contributed by atoms with Crippen LogP contribution in [0.4, 0.5) is 5.82 Å². The summed E-state index contributed by atoms with van der Waals surface area (Å²) >= 11 is 0. The van der Waals surface area contributed by atoms with Crippen LogP contribution in [0.3, 0.4) is 0 Å². The summed E-state index contributed by atoms with van der Waals surface area (Å²) in [5, 5.41) is 0. The number of ether oxygens (including phenoxy) is 3. The Hall–Kier alpha value is -2.97. The SMILES string of the molecule is CCOc1ccc(CCC[C@H](C(=O)N2CCN(c3ccccn3)C[C@H]2C)C2OC(C)(C)OC2C=O)cc1. The van der Waals surface area contributed by atoms with Gasteiger partial charge in [-0.2, -0.15) is 0 Å². The van der Waals surface area contributed by atoms with Gasteiger partial charge in [-0.05, 0) is 76.8 Å². The highest BCUT2D eigenvalue weighted by atomic mass is 16.8. The van der Waals surface area contributed by atoms with E-state index in [2.05, 4.69) is 28.9 Å². The van der Waals surface area contributed by atoms with E-state index in [4.69, 9.17) is 14.2 Å². The molecule has 0 radical (unpaired) electrons. The van der Waals surface area contributed by atoms with Gasteiger partial charge in [0.25, 0.3) is 0 Å². The molecule has 1 aromatic carbocycles. The molecule has 2 saturated heterocycles. The van der Waals surface area contributed by atoms with Crippen molar-refractivity contribution < 1.29 is 23.8 Å². The highest BCUT2D eigenvalue weighted by molar-refractivity contribution is 5.81. The van der Waals surface area contributed by atoms with Crippen LogP contribution in [0, 0.1) is 5.92 Å². The number of amides is 1. The van der Waals surface area contributed by atoms with E-state index < -0.39 is 23.9 Å². The van der Waals surface area contributed by atoms with Gasteiger partial charge in [-0.1, -0.05) is 18.2 Å². The first-order chi connectivity index (χ1) is 17.8. The minimum absolute atomic E-state index is 0.00174. The van der Waals surface area contributed by atoms with E-state index in [1.807, 2.05) is 42.2 Å². The Labute approximate surface area is 219 Å². The molecule has 1 aromatic heterocycles. The minimum atomic E-state index is -0.910. The number of nitrogens with zero attached hydrogens (tertiary/aromatic N) is 3. The lowest BCUT2D eigenvalue weighted by Crippen LogP contribution is -2.57. The van der Waals surface area contributed by atoms with Crippen molar-refractivity contribution in [3.05, 3.63) is 54.2 Å². The maximum atomic E-state index is 14.0. The van der Waals surface area contributed by atoms with Gasteiger partial charge in [0.1, 0.15) is 23.8 Å². The van der Waals surface area contributed by atoms with Crippen LogP contribution >= 0.6 is 0 Å². The van der Waals surface area contributed by atoms with Crippen molar-refractivity contribution in [1.29, 1.82) is 0 Å². The Morgan fingerprint density at radius 3 is 2.62 bits per heavy atom. The van der Waals surface area contributed by atoms with Crippen molar-refractivity contribution in [2.24, 2.45) is 5.92 Å². The number of aryl methyl sites for hydroxylation is 1. The number of hydrogen-bond donors (Lipinski definition) is 0. The van der Waals surface area contributed by atoms with Crippen molar-refractivity contribution in [2.75, 3.05) is 31.1 Å². The maximum Gasteiger partial charge on any atom is 0.228 e. The average Bonchev–Trinajstić information content (AvgIpc) is 3.22. The fraction of sp³-hybridized carbons (Fsp3) is 0.552. The molecule has 0 N–H and O–H groups in total. The molecule has 8 heteroatoms. The summed E-state index contributed by atoms with van der Waals surface area (Å²) in [5.41, 5.74) is 1.18. The zero-order chi connectivity index (χ0) is 26.4. The van der Waals surface area contributed by atoms with Gasteiger partial charge in [0.15, 0.2) is 12.1 Å². The molecule has 37 heavy (non-hydrogen) atoms. The van der Waals surface area contributed by atoms with E-state index in [0.717, 1.165) is 30.7 Å². The molecular weight excluding hydrogens is 470 g/mol. The van der Waals surface area contributed by atoms with Gasteiger partial charge in [-0.3, -0.25) is 4.79 Å². The molecule has 4 atom stereocenters. The zero-order valence-corrected chi connectivity index (χ0v) is 22.3. The Morgan fingerprint density at radius 2 is 1.97 bits per heavy atom. The number of hydrogen-bond acceptors (Lipinski definition) is 7. The predicted molar refractivity (Wildman–Crippen MR) is 142 cm³/mol. The summed E-state index contributed by atoms with van der Waals surface area (Å²) in [6.45, 7) is 10.2. The van der Waals surface area contributed by atoms with E-state index in [1.165, 1.54) is 5.56 Å². The molecule has 0 aliphatic carbocycles. The highest BCUT2D eigenvalue weighted by Gasteiger charge is 2.48. The first kappa shape index (κ1) is 27.1. The number of anilines is 1. The second-order valence-electron chi connectivity index (χ2n) is 10.3. The highest BCUT2D eigenvalue weighted by Crippen LogP contribution is 2.35. The number of benzene rings is 1. The number of piperazine rings is 1. The number of aldehydes is 1. The molecule has 2 aromatic rings. The van der Waals surface area contributed by atoms with Crippen LogP contribution in [-0.4, -0.2) is 72.4 Å². The maximum absolute atomic E-state index is 14.0. The van der Waals surface area contributed by atoms with Crippen LogP contribution < -0.4 is 9.64 Å². The smallest absolute Gasteiger partial charge is 0.228 e. The van der Waals surface area contributed by atoms with E-state index in [9.17, 15) is 9.59 Å². The van der Waals surface area contributed by atoms with Crippen LogP contribution in [0.25, 0.3) is 0 Å². The summed E-state index contributed by atoms with van der Waals surface area (Å²) in [6, 6.07) is 14.0. The normalized spacial score (nSPS) is 24.1. The van der Waals surface area contributed by atoms with Crippen molar-refractivity contribution in [3.8, 4) is 5.75 Å². The van der Waals surface area contributed by atoms with Crippen LogP contribution in [0.15, 0.2) is 48.7 Å². The second kappa shape index (κ2) is 12.0. The van der Waals surface area contributed by atoms with Crippen LogP contribution in [-0.2, 0) is 25.5 Å². The Balaban J connectivity index is 1.46. The third-order valence-corrected chi connectivity index (χ3v) is 7.11. The molecule has 0 saturated carbocycles. The summed E-state index contributed by atoms with van der Waals surface area (Å²) in [6.07, 6.45) is 3.40. The number of carbonyl (C=O) groups excluding carboxylic acids is 2. The summed E-state index contributed by atoms with van der Waals surface area (Å²) in [4.78, 5) is 34.5. The van der Waals surface area contributed by atoms with Crippen molar-refractivity contribution in [2.45, 2.75) is 71.0 Å². The number of carbonyl (C=O) groups is 2. The second-order valence-corrected chi connectivity index (χ2v) is 10.3. The molecule has 2 unspecified atom stereocenters. The zero-order valence-electron chi connectivity index (χ0n) is 22.3. The first-order valence-corrected chi connectivity index (χ1v) is 13.3. The third kappa shape index (κ3) is 6.67. The molecule has 0 bridgehead atoms. The summed E-state index contributed by atoms with van der Waals surface area (Å²) in [5.74, 6) is 0.420. The van der Waals surface area contributed by atoms with E-state index in [1.54, 1.807) is 20.0 Å². The van der Waals surface area contributed by atoms with Crippen molar-refractivity contribution in [1.82, 2.24) is 9.88 Å². The molecule has 0 spiro atoms. The molecule has 2 aliphatic heterocycles. The molecule has 8 nitrogen and oxygen atoms in total. The third-order valence-electron chi connectivity index (χ3n) is 7.11. The molecule has 1 amide bonds. The van der Waals surface area contributed by atoms with Gasteiger partial charge in [0.2, 0.25) is 5.91 Å². The van der Waals surface area contributed by atoms with Crippen molar-refractivity contribution in [3.63, 3.8) is 0 Å². The largest absolute Gasteiger partial charge is 0.494 e. The molecule has 200 valence electrons. The lowest BCUT2D eigenvalue weighted by Gasteiger charge is -2.42. The summed E-state index contributed by atoms with van der Waals surface area (Å²) < 4.78 is 17.5. The molecule has 4 rings (SSSR count). The lowest BCUT2D eigenvalue weighted by molar-refractivity contribution is -0.160. The first-order valence-electron chi connectivity index (χ1n) is 13.3. The van der Waals surface area contributed by atoms with Gasteiger partial charge in [0, 0.05) is 31.9 Å². The molecule has 2 fully saturated rings. The Morgan fingerprint density at radius 1 is 1.19 bits per heavy atom. The van der Waals surface area contributed by atoms with Gasteiger partial charge in [-0.25, -0.2) is 4.98 Å². The van der Waals surface area contributed by atoms with E-state index >= 15 is 0 Å². The molecular formula is C29H39N3O5. The predicted octanol–water partition coefficient (Wildman–Crippen LogP) is 3.88. The van der Waals surface area contributed by atoms with Crippen LogP contribution in [0.1, 0.15) is 46.1 Å². The minimum Gasteiger partial charge on any atom is -0.494 e. The standard InChI is InChI=1S/C29H39N3O5/c1-5-35-23-14-12-22(13-15-23)9-8-10-24(27-25(20-33)36-29(3,4)37-27)28(34)32-18-17-31(19-21(32)2)26-11-6-7-16-30-26/h6-7,11-16,20-21,24-25,27H,5,8-10,17-19H2,1-4H3/t21-,24+,25?,27?/m1/s1. The fourth-order valence-corrected chi connectivity index (χ4v) is 5.35. The monoisotopic (exact) mass is 509 g/mol. The fourth-order valence-electron chi connectivity index (χ4n) is 5.35. The van der Waals surface area contributed by atoms with Crippen molar-refractivity contribution >= 4 is 18.0 Å². The summed E-state index contributed by atoms with van der Waals surface area (Å²) in [7, 11) is 0. The van der Waals surface area contributed by atoms with Gasteiger partial charge in [0.05, 0.1) is 12.5 Å². The van der Waals surface area contributed by atoms with E-state index in [-0.39, 0.29) is 11.9 Å². The average molecular weight is 510 g/mol. The van der Waals surface area contributed by atoms with E-state index in [0.29, 0.717) is 32.7 Å². The number of rotatable bonds is 10. The van der Waals surface area contributed by atoms with Gasteiger partial charge in [-0.15, -0.1) is 0 Å². The number of aromatic nitrogens is 1.